The Morgan fingerprint density at radius 1 is 1.11 bits per heavy atom. The molecule has 8 heteroatoms. The van der Waals surface area contributed by atoms with E-state index in [1.165, 1.54) is 12.2 Å². The summed E-state index contributed by atoms with van der Waals surface area (Å²) in [5, 5.41) is 0.877. The minimum Gasteiger partial charge on any atom is -0.454 e. The van der Waals surface area contributed by atoms with Gasteiger partial charge < -0.3 is 9.72 Å². The van der Waals surface area contributed by atoms with E-state index in [0.717, 1.165) is 11.0 Å². The van der Waals surface area contributed by atoms with E-state index in [9.17, 15) is 9.59 Å². The lowest BCUT2D eigenvalue weighted by atomic mass is 10.2. The molecule has 0 amide bonds. The van der Waals surface area contributed by atoms with Crippen LogP contribution in [0.1, 0.15) is 11.5 Å². The average Bonchev–Trinajstić information content (AvgIpc) is 2.70. The number of halogens is 1. The molecule has 0 radical (unpaired) electrons. The summed E-state index contributed by atoms with van der Waals surface area (Å²) in [5.74, 6) is -0.365. The van der Waals surface area contributed by atoms with Crippen molar-refractivity contribution >= 4 is 45.6 Å². The van der Waals surface area contributed by atoms with Crippen LogP contribution in [0.4, 0.5) is 0 Å². The average molecular weight is 393 g/mol. The highest BCUT2D eigenvalue weighted by Crippen LogP contribution is 2.15. The van der Waals surface area contributed by atoms with Crippen molar-refractivity contribution in [1.29, 1.82) is 0 Å². The summed E-state index contributed by atoms with van der Waals surface area (Å²) in [6.07, 6.45) is 4.32. The Kier molecular flexibility index (Phi) is 4.82. The summed E-state index contributed by atoms with van der Waals surface area (Å²) >= 11 is 5.93. The van der Waals surface area contributed by atoms with Gasteiger partial charge in [0.2, 0.25) is 0 Å². The van der Waals surface area contributed by atoms with Gasteiger partial charge in [0.05, 0.1) is 33.8 Å². The lowest BCUT2D eigenvalue weighted by Gasteiger charge is -2.04. The maximum atomic E-state index is 12.1. The molecular weight excluding hydrogens is 380 g/mol. The molecule has 2 heterocycles. The van der Waals surface area contributed by atoms with Crippen LogP contribution in [0, 0.1) is 0 Å². The number of esters is 1. The molecule has 0 saturated carbocycles. The highest BCUT2D eigenvalue weighted by Gasteiger charge is 2.07. The van der Waals surface area contributed by atoms with Crippen LogP contribution in [0.25, 0.3) is 28.0 Å². The fourth-order valence-corrected chi connectivity index (χ4v) is 2.79. The van der Waals surface area contributed by atoms with Crippen LogP contribution in [0.3, 0.4) is 0 Å². The van der Waals surface area contributed by atoms with Gasteiger partial charge in [-0.1, -0.05) is 23.7 Å². The molecule has 0 saturated heterocycles. The van der Waals surface area contributed by atoms with Gasteiger partial charge in [-0.3, -0.25) is 9.78 Å². The van der Waals surface area contributed by atoms with E-state index >= 15 is 0 Å². The number of aromatic amines is 1. The van der Waals surface area contributed by atoms with E-state index in [2.05, 4.69) is 19.9 Å². The smallest absolute Gasteiger partial charge is 0.331 e. The molecule has 2 aromatic heterocycles. The van der Waals surface area contributed by atoms with Gasteiger partial charge in [0.15, 0.2) is 0 Å². The summed E-state index contributed by atoms with van der Waals surface area (Å²) < 4.78 is 5.13. The third-order valence-corrected chi connectivity index (χ3v) is 4.16. The maximum absolute atomic E-state index is 12.1. The van der Waals surface area contributed by atoms with Gasteiger partial charge in [-0.05, 0) is 36.4 Å². The normalized spacial score (nSPS) is 11.3. The number of hydrogen-bond donors (Lipinski definition) is 1. The quantitative estimate of drug-likeness (QED) is 0.423. The van der Waals surface area contributed by atoms with Crippen LogP contribution >= 0.6 is 11.6 Å². The fourth-order valence-electron chi connectivity index (χ4n) is 2.62. The van der Waals surface area contributed by atoms with Gasteiger partial charge in [0, 0.05) is 11.1 Å². The molecule has 0 fully saturated rings. The van der Waals surface area contributed by atoms with Crippen molar-refractivity contribution < 1.29 is 9.53 Å². The molecule has 7 nitrogen and oxygen atoms in total. The number of ether oxygens (including phenoxy) is 1. The van der Waals surface area contributed by atoms with Crippen LogP contribution in [0.5, 0.6) is 0 Å². The van der Waals surface area contributed by atoms with E-state index in [1.54, 1.807) is 24.4 Å². The van der Waals surface area contributed by atoms with Gasteiger partial charge in [0.25, 0.3) is 5.56 Å². The molecule has 2 aromatic carbocycles. The second kappa shape index (κ2) is 7.58. The van der Waals surface area contributed by atoms with Crippen LogP contribution < -0.4 is 5.56 Å². The number of para-hydroxylation sites is 2. The number of carbonyl (C=O) groups excluding carboxylic acids is 1. The third kappa shape index (κ3) is 3.89. The largest absolute Gasteiger partial charge is 0.454 e. The molecule has 0 bridgehead atoms. The molecule has 4 rings (SSSR count). The van der Waals surface area contributed by atoms with Crippen LogP contribution in [0.15, 0.2) is 59.5 Å². The Morgan fingerprint density at radius 3 is 2.79 bits per heavy atom. The molecule has 4 aromatic rings. The molecule has 0 aliphatic rings. The number of aromatic nitrogens is 4. The molecule has 0 spiro atoms. The van der Waals surface area contributed by atoms with E-state index in [-0.39, 0.29) is 18.0 Å². The van der Waals surface area contributed by atoms with Crippen molar-refractivity contribution in [3.63, 3.8) is 0 Å². The van der Waals surface area contributed by atoms with Crippen molar-refractivity contribution in [2.45, 2.75) is 6.61 Å². The lowest BCUT2D eigenvalue weighted by Crippen LogP contribution is -2.13. The summed E-state index contributed by atoms with van der Waals surface area (Å²) in [6.45, 7) is -0.176. The van der Waals surface area contributed by atoms with E-state index in [4.69, 9.17) is 16.3 Å². The van der Waals surface area contributed by atoms with Gasteiger partial charge in [-0.25, -0.2) is 14.8 Å². The van der Waals surface area contributed by atoms with E-state index in [1.807, 2.05) is 24.3 Å². The zero-order chi connectivity index (χ0) is 19.5. The highest BCUT2D eigenvalue weighted by molar-refractivity contribution is 6.31. The SMILES string of the molecule is O=C(/C=C/c1cnc2ccccc2n1)OCc1nc2cc(Cl)ccc2c(=O)[nH]1. The van der Waals surface area contributed by atoms with E-state index < -0.39 is 5.97 Å². The summed E-state index contributed by atoms with van der Waals surface area (Å²) in [6, 6.07) is 12.2. The molecule has 0 unspecified atom stereocenters. The fraction of sp³-hybridized carbons (Fsp3) is 0.0500. The first-order valence-corrected chi connectivity index (χ1v) is 8.71. The zero-order valence-corrected chi connectivity index (χ0v) is 15.2. The van der Waals surface area contributed by atoms with Crippen molar-refractivity contribution in [3.8, 4) is 0 Å². The molecule has 0 aliphatic heterocycles. The maximum Gasteiger partial charge on any atom is 0.331 e. The van der Waals surface area contributed by atoms with Gasteiger partial charge in [0.1, 0.15) is 12.4 Å². The van der Waals surface area contributed by atoms with Crippen molar-refractivity contribution in [3.05, 3.63) is 81.6 Å². The molecule has 138 valence electrons. The number of fused-ring (bicyclic) bond motifs is 2. The van der Waals surface area contributed by atoms with Crippen LogP contribution in [0.2, 0.25) is 5.02 Å². The molecular formula is C20H13ClN4O3. The van der Waals surface area contributed by atoms with Crippen molar-refractivity contribution in [1.82, 2.24) is 19.9 Å². The molecule has 28 heavy (non-hydrogen) atoms. The first-order valence-electron chi connectivity index (χ1n) is 8.33. The van der Waals surface area contributed by atoms with Gasteiger partial charge >= 0.3 is 5.97 Å². The molecule has 0 atom stereocenters. The van der Waals surface area contributed by atoms with E-state index in [0.29, 0.717) is 21.6 Å². The van der Waals surface area contributed by atoms with Crippen molar-refractivity contribution in [2.24, 2.45) is 0 Å². The van der Waals surface area contributed by atoms with Crippen molar-refractivity contribution in [2.75, 3.05) is 0 Å². The Hall–Kier alpha value is -3.58. The molecule has 1 N–H and O–H groups in total. The van der Waals surface area contributed by atoms with Gasteiger partial charge in [-0.15, -0.1) is 0 Å². The van der Waals surface area contributed by atoms with Crippen LogP contribution in [-0.4, -0.2) is 25.9 Å². The summed E-state index contributed by atoms with van der Waals surface area (Å²) in [5.41, 5.74) is 2.14. The Bertz CT molecular complexity index is 1280. The first-order chi connectivity index (χ1) is 13.6. The Labute approximate surface area is 163 Å². The van der Waals surface area contributed by atoms with Crippen LogP contribution in [-0.2, 0) is 16.1 Å². The summed E-state index contributed by atoms with van der Waals surface area (Å²) in [4.78, 5) is 39.5. The summed E-state index contributed by atoms with van der Waals surface area (Å²) in [7, 11) is 0. The number of benzene rings is 2. The molecule has 0 aliphatic carbocycles. The number of H-pyrrole nitrogens is 1. The Morgan fingerprint density at radius 2 is 1.93 bits per heavy atom. The minimum absolute atomic E-state index is 0.176. The third-order valence-electron chi connectivity index (χ3n) is 3.93. The number of rotatable bonds is 4. The number of nitrogens with one attached hydrogen (secondary N) is 1. The standard InChI is InChI=1S/C20H13ClN4O3/c21-12-5-7-14-17(9-12)24-18(25-20(14)27)11-28-19(26)8-6-13-10-22-15-3-1-2-4-16(15)23-13/h1-10H,11H2,(H,24,25,27)/b8-6+. The second-order valence-electron chi connectivity index (χ2n) is 5.90. The number of nitrogens with zero attached hydrogens (tertiary/aromatic N) is 3. The number of carbonyl (C=O) groups is 1. The van der Waals surface area contributed by atoms with Gasteiger partial charge in [-0.2, -0.15) is 0 Å². The number of hydrogen-bond acceptors (Lipinski definition) is 6. The highest BCUT2D eigenvalue weighted by atomic mass is 35.5. The first kappa shape index (κ1) is 17.8. The Balaban J connectivity index is 1.45. The predicted molar refractivity (Wildman–Crippen MR) is 106 cm³/mol. The minimum atomic E-state index is -0.594. The lowest BCUT2D eigenvalue weighted by molar-refractivity contribution is -0.139. The predicted octanol–water partition coefficient (Wildman–Crippen LogP) is 3.28. The topological polar surface area (TPSA) is 97.8 Å². The zero-order valence-electron chi connectivity index (χ0n) is 14.4. The monoisotopic (exact) mass is 392 g/mol. The second-order valence-corrected chi connectivity index (χ2v) is 6.34.